The third-order valence-electron chi connectivity index (χ3n) is 7.04. The van der Waals surface area contributed by atoms with Crippen LogP contribution >= 0.6 is 0 Å². The van der Waals surface area contributed by atoms with Crippen LogP contribution in [0.1, 0.15) is 40.2 Å². The average Bonchev–Trinajstić information content (AvgIpc) is 3.22. The van der Waals surface area contributed by atoms with Crippen LogP contribution < -0.4 is 15.1 Å². The van der Waals surface area contributed by atoms with E-state index in [0.717, 1.165) is 15.9 Å². The Kier molecular flexibility index (Phi) is 8.91. The summed E-state index contributed by atoms with van der Waals surface area (Å²) < 4.78 is 35.7. The highest BCUT2D eigenvalue weighted by molar-refractivity contribution is 7.83. The Morgan fingerprint density at radius 1 is 0.974 bits per heavy atom. The zero-order valence-corrected chi connectivity index (χ0v) is 25.3. The van der Waals surface area contributed by atoms with Gasteiger partial charge in [-0.1, -0.05) is 99.1 Å². The van der Waals surface area contributed by atoms with Gasteiger partial charge < -0.3 is 13.9 Å². The zero-order chi connectivity index (χ0) is 28.3. The summed E-state index contributed by atoms with van der Waals surface area (Å²) in [5, 5.41) is 12.2. The smallest absolute Gasteiger partial charge is 0.261 e. The summed E-state index contributed by atoms with van der Waals surface area (Å²) in [6.45, 7) is 12.5. The number of aryl methyl sites for hydroxylation is 1. The summed E-state index contributed by atoms with van der Waals surface area (Å²) in [4.78, 5) is 0.596. The van der Waals surface area contributed by atoms with Gasteiger partial charge in [-0.05, 0) is 48.3 Å². The average molecular weight is 563 g/mol. The van der Waals surface area contributed by atoms with Gasteiger partial charge in [0.05, 0.1) is 17.6 Å². The van der Waals surface area contributed by atoms with Gasteiger partial charge in [0.1, 0.15) is 29.2 Å². The van der Waals surface area contributed by atoms with E-state index < -0.39 is 43.3 Å². The fourth-order valence-electron chi connectivity index (χ4n) is 5.26. The van der Waals surface area contributed by atoms with Gasteiger partial charge in [0.15, 0.2) is 5.79 Å². The van der Waals surface area contributed by atoms with E-state index in [1.807, 2.05) is 69.3 Å². The predicted octanol–water partition coefficient (Wildman–Crippen LogP) is 4.60. The van der Waals surface area contributed by atoms with E-state index in [4.69, 9.17) is 13.9 Å². The van der Waals surface area contributed by atoms with Gasteiger partial charge in [0, 0.05) is 0 Å². The van der Waals surface area contributed by atoms with Crippen molar-refractivity contribution in [2.45, 2.75) is 75.5 Å². The van der Waals surface area contributed by atoms with Gasteiger partial charge in [0.25, 0.3) is 8.32 Å². The molecule has 4 atom stereocenters. The molecule has 0 aliphatic carbocycles. The first-order chi connectivity index (χ1) is 18.5. The molecule has 3 aromatic carbocycles. The topological polar surface area (TPSA) is 80.6 Å². The molecule has 206 valence electrons. The second-order valence-electron chi connectivity index (χ2n) is 11.4. The number of benzene rings is 3. The molecule has 1 aliphatic heterocycles. The highest BCUT2D eigenvalue weighted by Gasteiger charge is 2.53. The van der Waals surface area contributed by atoms with Crippen molar-refractivity contribution in [2.24, 2.45) is 0 Å². The number of hydrogen-bond donors (Lipinski definition) is 1. The monoisotopic (exact) mass is 562 g/mol. The molecule has 1 fully saturated rings. The number of nitriles is 1. The first-order valence-corrected chi connectivity index (χ1v) is 16.3. The Morgan fingerprint density at radius 2 is 1.51 bits per heavy atom. The molecule has 8 heteroatoms. The van der Waals surface area contributed by atoms with Crippen LogP contribution in [0.4, 0.5) is 0 Å². The van der Waals surface area contributed by atoms with Gasteiger partial charge in [0.2, 0.25) is 0 Å². The van der Waals surface area contributed by atoms with Crippen molar-refractivity contribution in [3.8, 4) is 6.07 Å². The third kappa shape index (κ3) is 6.41. The maximum absolute atomic E-state index is 13.1. The Balaban J connectivity index is 1.65. The zero-order valence-electron chi connectivity index (χ0n) is 23.5. The van der Waals surface area contributed by atoms with E-state index in [-0.39, 0.29) is 11.6 Å². The van der Waals surface area contributed by atoms with Crippen LogP contribution in [0.2, 0.25) is 5.04 Å². The summed E-state index contributed by atoms with van der Waals surface area (Å²) >= 11 is 0. The van der Waals surface area contributed by atoms with Crippen molar-refractivity contribution in [2.75, 3.05) is 6.61 Å². The molecule has 4 rings (SSSR count). The minimum Gasteiger partial charge on any atom is -0.405 e. The predicted molar refractivity (Wildman–Crippen MR) is 158 cm³/mol. The van der Waals surface area contributed by atoms with Crippen molar-refractivity contribution in [1.29, 1.82) is 5.26 Å². The Hall–Kier alpha value is -2.64. The molecule has 1 unspecified atom stereocenters. The van der Waals surface area contributed by atoms with Crippen molar-refractivity contribution < 1.29 is 18.1 Å². The normalized spacial score (nSPS) is 20.7. The minimum absolute atomic E-state index is 0.208. The quantitative estimate of drug-likeness (QED) is 0.386. The molecule has 1 saturated heterocycles. The van der Waals surface area contributed by atoms with Gasteiger partial charge in [-0.2, -0.15) is 5.26 Å². The van der Waals surface area contributed by atoms with E-state index in [2.05, 4.69) is 55.8 Å². The van der Waals surface area contributed by atoms with Crippen molar-refractivity contribution in [1.82, 2.24) is 4.72 Å². The van der Waals surface area contributed by atoms with Crippen LogP contribution in [0.25, 0.3) is 0 Å². The number of rotatable bonds is 9. The fourth-order valence-corrected chi connectivity index (χ4v) is 10.8. The number of nitrogens with one attached hydrogen (secondary N) is 1. The Bertz CT molecular complexity index is 1260. The van der Waals surface area contributed by atoms with Crippen LogP contribution in [0.3, 0.4) is 0 Å². The molecular weight excluding hydrogens is 525 g/mol. The fraction of sp³-hybridized carbons (Fsp3) is 0.387. The first kappa shape index (κ1) is 29.3. The molecule has 0 aromatic heterocycles. The molecule has 1 N–H and O–H groups in total. The number of hydrogen-bond acceptors (Lipinski definition) is 5. The molecular formula is C31H38N2O4SSi. The Morgan fingerprint density at radius 3 is 2.00 bits per heavy atom. The molecule has 0 saturated carbocycles. The third-order valence-corrected chi connectivity index (χ3v) is 13.2. The van der Waals surface area contributed by atoms with Crippen LogP contribution in [0, 0.1) is 18.3 Å². The second kappa shape index (κ2) is 11.8. The molecule has 0 spiro atoms. The molecule has 39 heavy (non-hydrogen) atoms. The lowest BCUT2D eigenvalue weighted by Crippen LogP contribution is -2.67. The highest BCUT2D eigenvalue weighted by atomic mass is 32.2. The van der Waals surface area contributed by atoms with Crippen LogP contribution in [0.5, 0.6) is 0 Å². The highest BCUT2D eigenvalue weighted by Crippen LogP contribution is 2.38. The van der Waals surface area contributed by atoms with Crippen LogP contribution in [0.15, 0.2) is 89.8 Å². The van der Waals surface area contributed by atoms with Gasteiger partial charge in [-0.25, -0.2) is 8.93 Å². The molecule has 6 nitrogen and oxygen atoms in total. The second-order valence-corrected chi connectivity index (χ2v) is 17.0. The lowest BCUT2D eigenvalue weighted by molar-refractivity contribution is -0.149. The summed E-state index contributed by atoms with van der Waals surface area (Å²) in [7, 11) is -4.42. The lowest BCUT2D eigenvalue weighted by atomic mass is 10.1. The van der Waals surface area contributed by atoms with Crippen molar-refractivity contribution in [3.05, 3.63) is 90.5 Å². The molecule has 1 aliphatic rings. The van der Waals surface area contributed by atoms with E-state index in [9.17, 15) is 9.47 Å². The number of nitrogens with zero attached hydrogens (tertiary/aromatic N) is 1. The lowest BCUT2D eigenvalue weighted by Gasteiger charge is -2.43. The SMILES string of the molecule is Cc1ccc(S(=O)N[C@H](C#N)[C@@H]2OC(C)(C)O[C@H]2CO[Si](c2ccccc2)(c2ccccc2)C(C)(C)C)cc1. The van der Waals surface area contributed by atoms with Gasteiger partial charge in [-0.15, -0.1) is 0 Å². The summed E-state index contributed by atoms with van der Waals surface area (Å²) in [5.41, 5.74) is 1.07. The summed E-state index contributed by atoms with van der Waals surface area (Å²) in [6, 6.07) is 29.6. The van der Waals surface area contributed by atoms with E-state index in [0.29, 0.717) is 4.90 Å². The maximum Gasteiger partial charge on any atom is 0.261 e. The van der Waals surface area contributed by atoms with Gasteiger partial charge >= 0.3 is 0 Å². The molecule has 0 amide bonds. The van der Waals surface area contributed by atoms with E-state index in [1.165, 1.54) is 0 Å². The van der Waals surface area contributed by atoms with Crippen molar-refractivity contribution in [3.63, 3.8) is 0 Å². The first-order valence-electron chi connectivity index (χ1n) is 13.2. The molecule has 0 bridgehead atoms. The van der Waals surface area contributed by atoms with Gasteiger partial charge in [-0.3, -0.25) is 0 Å². The van der Waals surface area contributed by atoms with Crippen LogP contribution in [-0.2, 0) is 24.9 Å². The van der Waals surface area contributed by atoms with Crippen LogP contribution in [-0.4, -0.2) is 43.2 Å². The summed E-state index contributed by atoms with van der Waals surface area (Å²) in [6.07, 6.45) is -1.23. The standard InChI is InChI=1S/C31H38N2O4SSi/c1-23-17-19-24(20-18-23)38(34)33-27(21-32)29-28(36-31(5,6)37-29)22-35-39(30(2,3)4,25-13-9-7-10-14-25)26-15-11-8-12-16-26/h7-20,27-29,33H,22H2,1-6H3/t27-,28+,29+,38?/m1/s1. The largest absolute Gasteiger partial charge is 0.405 e. The Labute approximate surface area is 236 Å². The molecule has 1 heterocycles. The number of ether oxygens (including phenoxy) is 2. The van der Waals surface area contributed by atoms with E-state index >= 15 is 0 Å². The van der Waals surface area contributed by atoms with Crippen molar-refractivity contribution >= 4 is 29.7 Å². The molecule has 0 radical (unpaired) electrons. The maximum atomic E-state index is 13.1. The van der Waals surface area contributed by atoms with E-state index in [1.54, 1.807) is 12.1 Å². The molecule has 3 aromatic rings. The summed E-state index contributed by atoms with van der Waals surface area (Å²) in [5.74, 6) is -0.924. The minimum atomic E-state index is -2.83.